The van der Waals surface area contributed by atoms with Crippen LogP contribution in [-0.2, 0) is 16.1 Å². The molecule has 112 valence electrons. The predicted octanol–water partition coefficient (Wildman–Crippen LogP) is 1.80. The number of carbonyl (C=O) groups excluding carboxylic acids is 1. The van der Waals surface area contributed by atoms with Gasteiger partial charge in [0.2, 0.25) is 0 Å². The summed E-state index contributed by atoms with van der Waals surface area (Å²) in [6, 6.07) is 0. The maximum absolute atomic E-state index is 11.6. The molecule has 0 atom stereocenters. The van der Waals surface area contributed by atoms with Crippen molar-refractivity contribution in [1.82, 2.24) is 24.7 Å². The quantitative estimate of drug-likeness (QED) is 0.594. The molecule has 0 unspecified atom stereocenters. The minimum Gasteiger partial charge on any atom is -0.462 e. The van der Waals surface area contributed by atoms with Crippen LogP contribution in [0.2, 0.25) is 0 Å². The maximum atomic E-state index is 11.6. The van der Waals surface area contributed by atoms with Gasteiger partial charge in [-0.2, -0.15) is 0 Å². The molecule has 7 nitrogen and oxygen atoms in total. The van der Waals surface area contributed by atoms with Crippen molar-refractivity contribution in [3.05, 3.63) is 18.6 Å². The van der Waals surface area contributed by atoms with E-state index in [0.717, 1.165) is 0 Å². The van der Waals surface area contributed by atoms with Crippen molar-refractivity contribution in [1.29, 1.82) is 0 Å². The number of esters is 1. The lowest BCUT2D eigenvalue weighted by atomic mass is 10.4. The van der Waals surface area contributed by atoms with Gasteiger partial charge in [0.25, 0.3) is 0 Å². The van der Waals surface area contributed by atoms with Gasteiger partial charge in [-0.15, -0.1) is 10.2 Å². The van der Waals surface area contributed by atoms with Crippen molar-refractivity contribution in [2.75, 3.05) is 5.75 Å². The van der Waals surface area contributed by atoms with Crippen LogP contribution >= 0.6 is 11.8 Å². The minimum atomic E-state index is -0.262. The van der Waals surface area contributed by atoms with E-state index in [9.17, 15) is 4.79 Å². The highest BCUT2D eigenvalue weighted by Gasteiger charge is 2.16. The van der Waals surface area contributed by atoms with E-state index in [-0.39, 0.29) is 17.8 Å². The molecule has 0 aromatic carbocycles. The van der Waals surface area contributed by atoms with E-state index >= 15 is 0 Å². The second kappa shape index (κ2) is 7.16. The van der Waals surface area contributed by atoms with Gasteiger partial charge in [0.05, 0.1) is 18.1 Å². The molecule has 0 N–H and O–H groups in total. The van der Waals surface area contributed by atoms with Gasteiger partial charge in [0, 0.05) is 18.9 Å². The molecule has 0 saturated heterocycles. The molecular weight excluding hydrogens is 290 g/mol. The minimum absolute atomic E-state index is 0.114. The summed E-state index contributed by atoms with van der Waals surface area (Å²) in [6.07, 6.45) is 4.74. The number of hydrogen-bond acceptors (Lipinski definition) is 7. The van der Waals surface area contributed by atoms with Crippen molar-refractivity contribution >= 4 is 17.7 Å². The molecular formula is C13H17N5O2S. The van der Waals surface area contributed by atoms with E-state index in [1.807, 2.05) is 25.3 Å². The van der Waals surface area contributed by atoms with Gasteiger partial charge in [-0.25, -0.2) is 4.98 Å². The topological polar surface area (TPSA) is 82.8 Å². The fraction of sp³-hybridized carbons (Fsp3) is 0.462. The summed E-state index contributed by atoms with van der Waals surface area (Å²) < 4.78 is 7.00. The predicted molar refractivity (Wildman–Crippen MR) is 78.7 cm³/mol. The Labute approximate surface area is 127 Å². The smallest absolute Gasteiger partial charge is 0.316 e. The molecule has 2 aromatic rings. The zero-order chi connectivity index (χ0) is 15.2. The first-order chi connectivity index (χ1) is 10.1. The van der Waals surface area contributed by atoms with Crippen LogP contribution < -0.4 is 0 Å². The van der Waals surface area contributed by atoms with Crippen LogP contribution in [0.25, 0.3) is 11.5 Å². The highest BCUT2D eigenvalue weighted by atomic mass is 32.2. The highest BCUT2D eigenvalue weighted by Crippen LogP contribution is 2.22. The van der Waals surface area contributed by atoms with E-state index < -0.39 is 0 Å². The second-order valence-electron chi connectivity index (χ2n) is 4.47. The number of nitrogens with zero attached hydrogens (tertiary/aromatic N) is 5. The number of ether oxygens (including phenoxy) is 1. The Hall–Kier alpha value is -1.96. The molecule has 2 heterocycles. The molecule has 0 amide bonds. The Morgan fingerprint density at radius 2 is 2.19 bits per heavy atom. The van der Waals surface area contributed by atoms with Crippen LogP contribution in [0, 0.1) is 0 Å². The molecule has 21 heavy (non-hydrogen) atoms. The summed E-state index contributed by atoms with van der Waals surface area (Å²) in [4.78, 5) is 19.8. The van der Waals surface area contributed by atoms with Crippen molar-refractivity contribution in [2.45, 2.75) is 38.6 Å². The Bertz CT molecular complexity index is 600. The van der Waals surface area contributed by atoms with Crippen molar-refractivity contribution < 1.29 is 9.53 Å². The summed E-state index contributed by atoms with van der Waals surface area (Å²) in [5, 5.41) is 8.91. The summed E-state index contributed by atoms with van der Waals surface area (Å²) in [7, 11) is 0. The van der Waals surface area contributed by atoms with Gasteiger partial charge in [0.15, 0.2) is 11.0 Å². The zero-order valence-corrected chi connectivity index (χ0v) is 13.0. The molecule has 0 saturated carbocycles. The molecule has 0 spiro atoms. The molecule has 0 fully saturated rings. The van der Waals surface area contributed by atoms with Crippen molar-refractivity contribution in [2.24, 2.45) is 0 Å². The highest BCUT2D eigenvalue weighted by molar-refractivity contribution is 7.99. The molecule has 0 aliphatic rings. The lowest BCUT2D eigenvalue weighted by Crippen LogP contribution is -2.13. The van der Waals surface area contributed by atoms with Gasteiger partial charge in [-0.1, -0.05) is 11.8 Å². The third-order valence-corrected chi connectivity index (χ3v) is 3.45. The number of rotatable bonds is 6. The van der Waals surface area contributed by atoms with Crippen LogP contribution in [0.5, 0.6) is 0 Å². The molecule has 0 radical (unpaired) electrons. The maximum Gasteiger partial charge on any atom is 0.316 e. The number of hydrogen-bond donors (Lipinski definition) is 0. The normalized spacial score (nSPS) is 10.9. The lowest BCUT2D eigenvalue weighted by molar-refractivity contribution is -0.144. The number of thioether (sulfide) groups is 1. The first kappa shape index (κ1) is 15.4. The van der Waals surface area contributed by atoms with Crippen LogP contribution in [-0.4, -0.2) is 42.6 Å². The Kier molecular flexibility index (Phi) is 5.26. The standard InChI is InChI=1S/C13H17N5O2S/c1-4-18-12(10-7-14-5-6-15-10)16-17-13(18)21-8-11(19)20-9(2)3/h5-7,9H,4,8H2,1-3H3. The Morgan fingerprint density at radius 1 is 1.38 bits per heavy atom. The van der Waals surface area contributed by atoms with E-state index in [2.05, 4.69) is 20.2 Å². The Morgan fingerprint density at radius 3 is 2.81 bits per heavy atom. The third kappa shape index (κ3) is 4.01. The summed E-state index contributed by atoms with van der Waals surface area (Å²) in [5.74, 6) is 0.587. The zero-order valence-electron chi connectivity index (χ0n) is 12.2. The third-order valence-electron chi connectivity index (χ3n) is 2.51. The van der Waals surface area contributed by atoms with Gasteiger partial charge in [-0.05, 0) is 20.8 Å². The fourth-order valence-electron chi connectivity index (χ4n) is 1.70. The van der Waals surface area contributed by atoms with Gasteiger partial charge >= 0.3 is 5.97 Å². The largest absolute Gasteiger partial charge is 0.462 e. The Balaban J connectivity index is 2.11. The van der Waals surface area contributed by atoms with E-state index in [0.29, 0.717) is 23.2 Å². The first-order valence-electron chi connectivity index (χ1n) is 6.63. The van der Waals surface area contributed by atoms with E-state index in [1.165, 1.54) is 11.8 Å². The summed E-state index contributed by atoms with van der Waals surface area (Å²) in [6.45, 7) is 6.31. The van der Waals surface area contributed by atoms with Crippen LogP contribution in [0.3, 0.4) is 0 Å². The summed E-state index contributed by atoms with van der Waals surface area (Å²) in [5.41, 5.74) is 0.656. The monoisotopic (exact) mass is 307 g/mol. The molecule has 2 rings (SSSR count). The first-order valence-corrected chi connectivity index (χ1v) is 7.62. The second-order valence-corrected chi connectivity index (χ2v) is 5.41. The average Bonchev–Trinajstić information content (AvgIpc) is 2.88. The molecule has 0 aliphatic carbocycles. The molecule has 2 aromatic heterocycles. The van der Waals surface area contributed by atoms with Gasteiger partial charge in [0.1, 0.15) is 5.69 Å². The number of carbonyl (C=O) groups is 1. The van der Waals surface area contributed by atoms with Gasteiger partial charge < -0.3 is 9.30 Å². The average molecular weight is 307 g/mol. The van der Waals surface area contributed by atoms with E-state index in [4.69, 9.17) is 4.74 Å². The van der Waals surface area contributed by atoms with Crippen molar-refractivity contribution in [3.63, 3.8) is 0 Å². The van der Waals surface area contributed by atoms with E-state index in [1.54, 1.807) is 18.6 Å². The van der Waals surface area contributed by atoms with Crippen LogP contribution in [0.15, 0.2) is 23.7 Å². The SMILES string of the molecule is CCn1c(SCC(=O)OC(C)C)nnc1-c1cnccn1. The van der Waals surface area contributed by atoms with Crippen molar-refractivity contribution in [3.8, 4) is 11.5 Å². The van der Waals surface area contributed by atoms with Gasteiger partial charge in [-0.3, -0.25) is 9.78 Å². The van der Waals surface area contributed by atoms with Crippen LogP contribution in [0.1, 0.15) is 20.8 Å². The fourth-order valence-corrected chi connectivity index (χ4v) is 2.49. The molecule has 0 aliphatic heterocycles. The van der Waals surface area contributed by atoms with Crippen LogP contribution in [0.4, 0.5) is 0 Å². The summed E-state index contributed by atoms with van der Waals surface area (Å²) >= 11 is 1.30. The lowest BCUT2D eigenvalue weighted by Gasteiger charge is -2.08. The molecule has 8 heteroatoms. The molecule has 0 bridgehead atoms. The number of aromatic nitrogens is 5.